The molecular weight excluding hydrogens is 336 g/mol. The van der Waals surface area contributed by atoms with Crippen molar-refractivity contribution in [1.29, 1.82) is 0 Å². The summed E-state index contributed by atoms with van der Waals surface area (Å²) in [5.41, 5.74) is 4.45. The summed E-state index contributed by atoms with van der Waals surface area (Å²) < 4.78 is 0. The van der Waals surface area contributed by atoms with Crippen molar-refractivity contribution in [2.45, 2.75) is 31.3 Å². The molecule has 27 heavy (non-hydrogen) atoms. The normalized spacial score (nSPS) is 29.8. The molecule has 2 unspecified atom stereocenters. The molecule has 3 N–H and O–H groups in total. The molecule has 0 aliphatic heterocycles. The summed E-state index contributed by atoms with van der Waals surface area (Å²) in [5.74, 6) is 0.286. The third-order valence-corrected chi connectivity index (χ3v) is 6.30. The van der Waals surface area contributed by atoms with Crippen molar-refractivity contribution in [3.8, 4) is 5.75 Å². The van der Waals surface area contributed by atoms with Gasteiger partial charge >= 0.3 is 0 Å². The lowest BCUT2D eigenvalue weighted by Crippen LogP contribution is -2.32. The third kappa shape index (κ3) is 2.46. The third-order valence-electron chi connectivity index (χ3n) is 6.30. The van der Waals surface area contributed by atoms with Crippen molar-refractivity contribution in [2.75, 3.05) is 0 Å². The zero-order valence-electron chi connectivity index (χ0n) is 15.0. The van der Waals surface area contributed by atoms with Gasteiger partial charge in [-0.3, -0.25) is 0 Å². The lowest BCUT2D eigenvalue weighted by molar-refractivity contribution is 0.0813. The molecule has 136 valence electrons. The predicted octanol–water partition coefficient (Wildman–Crippen LogP) is 4.25. The molecule has 2 atom stereocenters. The number of phenolic OH excluding ortho intramolecular Hbond substituents is 1. The van der Waals surface area contributed by atoms with E-state index in [1.54, 1.807) is 18.2 Å². The van der Waals surface area contributed by atoms with Gasteiger partial charge in [0.15, 0.2) is 0 Å². The van der Waals surface area contributed by atoms with Crippen molar-refractivity contribution in [3.05, 3.63) is 94.8 Å². The highest BCUT2D eigenvalue weighted by molar-refractivity contribution is 5.80. The van der Waals surface area contributed by atoms with E-state index < -0.39 is 5.60 Å². The molecule has 0 heterocycles. The van der Waals surface area contributed by atoms with E-state index in [-0.39, 0.29) is 11.2 Å². The lowest BCUT2D eigenvalue weighted by atomic mass is 9.75. The minimum atomic E-state index is -1.37. The second-order valence-corrected chi connectivity index (χ2v) is 8.09. The fourth-order valence-corrected chi connectivity index (χ4v) is 5.00. The van der Waals surface area contributed by atoms with E-state index in [9.17, 15) is 15.3 Å². The van der Waals surface area contributed by atoms with Gasteiger partial charge in [-0.25, -0.2) is 0 Å². The summed E-state index contributed by atoms with van der Waals surface area (Å²) in [5, 5.41) is 31.4. The predicted molar refractivity (Wildman–Crippen MR) is 105 cm³/mol. The Morgan fingerprint density at radius 2 is 1.67 bits per heavy atom. The Labute approximate surface area is 158 Å². The maximum atomic E-state index is 11.1. The molecule has 2 aromatic rings. The highest BCUT2D eigenvalue weighted by atomic mass is 16.3. The van der Waals surface area contributed by atoms with Crippen LogP contribution in [0, 0.1) is 5.41 Å². The molecule has 0 radical (unpaired) electrons. The molecule has 0 saturated carbocycles. The van der Waals surface area contributed by atoms with Crippen molar-refractivity contribution in [2.24, 2.45) is 5.41 Å². The maximum absolute atomic E-state index is 11.1. The topological polar surface area (TPSA) is 60.7 Å². The molecule has 3 heteroatoms. The smallest absolute Gasteiger partial charge is 0.143 e. The van der Waals surface area contributed by atoms with E-state index in [1.165, 1.54) is 16.7 Å². The number of allylic oxidation sites excluding steroid dienone is 3. The first-order chi connectivity index (χ1) is 13.0. The second kappa shape index (κ2) is 5.61. The van der Waals surface area contributed by atoms with Crippen LogP contribution >= 0.6 is 0 Å². The molecule has 3 aliphatic rings. The highest BCUT2D eigenvalue weighted by Gasteiger charge is 2.47. The zero-order chi connectivity index (χ0) is 18.6. The molecule has 0 bridgehead atoms. The van der Waals surface area contributed by atoms with Crippen LogP contribution in [0.25, 0.3) is 5.57 Å². The number of rotatable bonds is 1. The first-order valence-electron chi connectivity index (χ1n) is 9.40. The summed E-state index contributed by atoms with van der Waals surface area (Å²) in [6.07, 6.45) is 10.1. The van der Waals surface area contributed by atoms with Crippen molar-refractivity contribution >= 4 is 5.57 Å². The number of fused-ring (bicyclic) bond motifs is 2. The van der Waals surface area contributed by atoms with Crippen LogP contribution in [0.15, 0.2) is 72.5 Å². The molecule has 0 amide bonds. The minimum absolute atomic E-state index is 0.00909. The fourth-order valence-electron chi connectivity index (χ4n) is 5.00. The van der Waals surface area contributed by atoms with Crippen LogP contribution in [0.1, 0.15) is 28.7 Å². The van der Waals surface area contributed by atoms with Gasteiger partial charge in [-0.1, -0.05) is 42.5 Å². The number of hydrogen-bond donors (Lipinski definition) is 3. The average Bonchev–Trinajstić information content (AvgIpc) is 3.15. The molecule has 0 saturated heterocycles. The summed E-state index contributed by atoms with van der Waals surface area (Å²) in [6, 6.07) is 14.0. The van der Waals surface area contributed by atoms with Crippen molar-refractivity contribution in [3.63, 3.8) is 0 Å². The number of benzene rings is 2. The van der Waals surface area contributed by atoms with E-state index in [2.05, 4.69) is 18.2 Å². The van der Waals surface area contributed by atoms with Gasteiger partial charge in [0, 0.05) is 11.8 Å². The van der Waals surface area contributed by atoms with E-state index in [0.29, 0.717) is 12.2 Å². The van der Waals surface area contributed by atoms with E-state index >= 15 is 0 Å². The summed E-state index contributed by atoms with van der Waals surface area (Å²) >= 11 is 0. The lowest BCUT2D eigenvalue weighted by Gasteiger charge is -2.31. The van der Waals surface area contributed by atoms with Crippen molar-refractivity contribution in [1.82, 2.24) is 0 Å². The van der Waals surface area contributed by atoms with Crippen molar-refractivity contribution < 1.29 is 15.3 Å². The fraction of sp³-hybridized carbons (Fsp3) is 0.250. The van der Waals surface area contributed by atoms with Crippen LogP contribution in [0.2, 0.25) is 0 Å². The van der Waals surface area contributed by atoms with Crippen LogP contribution in [0.4, 0.5) is 0 Å². The number of aliphatic hydroxyl groups is 2. The Morgan fingerprint density at radius 3 is 2.52 bits per heavy atom. The molecule has 2 aromatic carbocycles. The maximum Gasteiger partial charge on any atom is 0.143 e. The van der Waals surface area contributed by atoms with Crippen LogP contribution in [-0.4, -0.2) is 20.9 Å². The summed E-state index contributed by atoms with van der Waals surface area (Å²) in [4.78, 5) is 0. The number of hydrogen-bond acceptors (Lipinski definition) is 3. The molecule has 1 spiro atoms. The van der Waals surface area contributed by atoms with Crippen LogP contribution in [0.3, 0.4) is 0 Å². The van der Waals surface area contributed by atoms with Crippen LogP contribution in [0.5, 0.6) is 5.75 Å². The Bertz CT molecular complexity index is 1030. The van der Waals surface area contributed by atoms with Crippen LogP contribution < -0.4 is 0 Å². The summed E-state index contributed by atoms with van der Waals surface area (Å²) in [6.45, 7) is 0. The standard InChI is InChI=1S/C24H22O3/c25-19-9-8-16-12-23(14-18(16)11-19)13-17-5-1-2-6-20(17)21(23)15-24(27)10-4-3-7-22(24)26/h1-9,11,15,25-27H,10,12-14H2. The van der Waals surface area contributed by atoms with Gasteiger partial charge < -0.3 is 15.3 Å². The molecule has 5 rings (SSSR count). The number of aromatic hydroxyl groups is 1. The Morgan fingerprint density at radius 1 is 0.889 bits per heavy atom. The Hall–Kier alpha value is -2.78. The quantitative estimate of drug-likeness (QED) is 0.714. The Balaban J connectivity index is 1.66. The highest BCUT2D eigenvalue weighted by Crippen LogP contribution is 2.55. The Kier molecular flexibility index (Phi) is 3.40. The minimum Gasteiger partial charge on any atom is -0.509 e. The zero-order valence-corrected chi connectivity index (χ0v) is 15.0. The molecule has 0 aromatic heterocycles. The first-order valence-corrected chi connectivity index (χ1v) is 9.40. The van der Waals surface area contributed by atoms with Gasteiger partial charge in [0.25, 0.3) is 0 Å². The molecular formula is C24H22O3. The largest absolute Gasteiger partial charge is 0.509 e. The number of phenols is 1. The van der Waals surface area contributed by atoms with Crippen LogP contribution in [-0.2, 0) is 19.3 Å². The van der Waals surface area contributed by atoms with E-state index in [1.807, 2.05) is 30.4 Å². The van der Waals surface area contributed by atoms with Gasteiger partial charge in [-0.05, 0) is 71.4 Å². The van der Waals surface area contributed by atoms with E-state index in [0.717, 1.165) is 30.4 Å². The molecule has 3 nitrogen and oxygen atoms in total. The second-order valence-electron chi connectivity index (χ2n) is 8.09. The van der Waals surface area contributed by atoms with E-state index in [4.69, 9.17) is 0 Å². The number of aliphatic hydroxyl groups excluding tert-OH is 1. The van der Waals surface area contributed by atoms with Gasteiger partial charge in [0.2, 0.25) is 0 Å². The monoisotopic (exact) mass is 358 g/mol. The van der Waals surface area contributed by atoms with Gasteiger partial charge in [-0.15, -0.1) is 0 Å². The van der Waals surface area contributed by atoms with Gasteiger partial charge in [0.05, 0.1) is 0 Å². The average molecular weight is 358 g/mol. The SMILES string of the molecule is OC1=CC=CCC1(O)C=C1c2ccccc2CC12Cc1ccc(O)cc1C2. The first kappa shape index (κ1) is 16.4. The molecule has 0 fully saturated rings. The summed E-state index contributed by atoms with van der Waals surface area (Å²) in [7, 11) is 0. The van der Waals surface area contributed by atoms with Gasteiger partial charge in [-0.2, -0.15) is 0 Å². The molecule has 3 aliphatic carbocycles. The van der Waals surface area contributed by atoms with Gasteiger partial charge in [0.1, 0.15) is 17.1 Å².